The third-order valence-electron chi connectivity index (χ3n) is 8.07. The Kier molecular flexibility index (Phi) is 9.66. The van der Waals surface area contributed by atoms with Crippen LogP contribution in [0.5, 0.6) is 11.5 Å². The molecule has 1 aromatic heterocycles. The Balaban J connectivity index is 1.41. The van der Waals surface area contributed by atoms with Gasteiger partial charge in [-0.25, -0.2) is 4.98 Å². The number of hydrogen-bond donors (Lipinski definition) is 0. The first-order chi connectivity index (χ1) is 19.6. The summed E-state index contributed by atoms with van der Waals surface area (Å²) >= 11 is 6.89. The van der Waals surface area contributed by atoms with E-state index in [1.165, 1.54) is 12.7 Å². The maximum Gasteiger partial charge on any atom is 0.308 e. The second-order valence-corrected chi connectivity index (χ2v) is 11.3. The van der Waals surface area contributed by atoms with Gasteiger partial charge in [-0.15, -0.1) is 0 Å². The number of carbonyl (C=O) groups is 1. The zero-order chi connectivity index (χ0) is 27.9. The summed E-state index contributed by atoms with van der Waals surface area (Å²) < 4.78 is 18.9. The van der Waals surface area contributed by atoms with Gasteiger partial charge in [-0.2, -0.15) is 0 Å². The van der Waals surface area contributed by atoms with E-state index in [1.54, 1.807) is 0 Å². The van der Waals surface area contributed by atoms with Crippen LogP contribution in [0.4, 0.5) is 0 Å². The molecule has 0 saturated heterocycles. The summed E-state index contributed by atoms with van der Waals surface area (Å²) in [6, 6.07) is 16.5. The normalized spacial score (nSPS) is 18.6. The molecule has 0 spiro atoms. The maximum absolute atomic E-state index is 12.1. The largest absolute Gasteiger partial charge is 0.486 e. The molecular formula is C32H40ClN3O4. The highest BCUT2D eigenvalue weighted by Gasteiger charge is 2.29. The lowest BCUT2D eigenvalue weighted by molar-refractivity contribution is -0.146. The van der Waals surface area contributed by atoms with Crippen molar-refractivity contribution in [2.45, 2.75) is 65.1 Å². The fourth-order valence-corrected chi connectivity index (χ4v) is 6.17. The Morgan fingerprint density at radius 2 is 1.80 bits per heavy atom. The Morgan fingerprint density at radius 3 is 2.52 bits per heavy atom. The van der Waals surface area contributed by atoms with Gasteiger partial charge in [0.05, 0.1) is 18.7 Å². The van der Waals surface area contributed by atoms with E-state index < -0.39 is 0 Å². The predicted molar refractivity (Wildman–Crippen MR) is 157 cm³/mol. The van der Waals surface area contributed by atoms with Crippen molar-refractivity contribution in [1.29, 1.82) is 0 Å². The number of carbonyl (C=O) groups excluding carboxylic acids is 1. The molecule has 2 heterocycles. The minimum absolute atomic E-state index is 0.0193. The van der Waals surface area contributed by atoms with Gasteiger partial charge in [0.1, 0.15) is 19.0 Å². The number of unbranched alkanes of at least 4 members (excludes halogenated alkanes) is 1. The smallest absolute Gasteiger partial charge is 0.308 e. The molecule has 40 heavy (non-hydrogen) atoms. The number of hydrogen-bond acceptors (Lipinski definition) is 6. The number of ether oxygens (including phenoxy) is 3. The summed E-state index contributed by atoms with van der Waals surface area (Å²) in [6.07, 6.45) is 5.92. The molecule has 2 aromatic carbocycles. The Labute approximate surface area is 242 Å². The van der Waals surface area contributed by atoms with E-state index in [2.05, 4.69) is 40.7 Å². The minimum Gasteiger partial charge on any atom is -0.486 e. The first-order valence-corrected chi connectivity index (χ1v) is 14.9. The van der Waals surface area contributed by atoms with Crippen molar-refractivity contribution in [3.05, 3.63) is 64.9 Å². The highest BCUT2D eigenvalue weighted by Crippen LogP contribution is 2.34. The number of nitrogens with zero attached hydrogens (tertiary/aromatic N) is 3. The molecular weight excluding hydrogens is 526 g/mol. The van der Waals surface area contributed by atoms with Crippen molar-refractivity contribution in [2.24, 2.45) is 11.8 Å². The van der Waals surface area contributed by atoms with E-state index in [0.29, 0.717) is 30.8 Å². The van der Waals surface area contributed by atoms with E-state index in [9.17, 15) is 4.79 Å². The number of esters is 1. The molecule has 0 amide bonds. The molecule has 0 N–H and O–H groups in total. The van der Waals surface area contributed by atoms with Crippen molar-refractivity contribution in [3.63, 3.8) is 0 Å². The average molecular weight is 566 g/mol. The lowest BCUT2D eigenvalue weighted by Gasteiger charge is -2.32. The first-order valence-electron chi connectivity index (χ1n) is 14.5. The van der Waals surface area contributed by atoms with E-state index in [-0.39, 0.29) is 11.9 Å². The third kappa shape index (κ3) is 6.81. The number of fused-ring (bicyclic) bond motifs is 1. The van der Waals surface area contributed by atoms with Crippen LogP contribution < -0.4 is 9.47 Å². The molecule has 0 radical (unpaired) electrons. The van der Waals surface area contributed by atoms with Crippen LogP contribution in [0.1, 0.15) is 56.7 Å². The topological polar surface area (TPSA) is 65.8 Å². The van der Waals surface area contributed by atoms with Gasteiger partial charge in [-0.3, -0.25) is 9.69 Å². The standard InChI is InChI=1S/C32H40ClN3O4/c1-3-4-16-36-27(30(33)34-31(36)25-8-6-5-7-9-25)22-35(20-23-10-13-26(14-11-23)32(37)38-2)21-24-12-15-28-29(19-24)40-18-17-39-28/h5-9,12,15,19,23,26H,3-4,10-11,13-14,16-18,20-22H2,1-2H3. The molecule has 0 bridgehead atoms. The van der Waals surface area contributed by atoms with Crippen LogP contribution in [0.15, 0.2) is 48.5 Å². The SMILES string of the molecule is CCCCn1c(-c2ccccc2)nc(Cl)c1CN(Cc1ccc2c(c1)OCCO2)CC1CCC(C(=O)OC)CC1. The van der Waals surface area contributed by atoms with Crippen LogP contribution in [0, 0.1) is 11.8 Å². The van der Waals surface area contributed by atoms with Crippen LogP contribution >= 0.6 is 11.6 Å². The maximum atomic E-state index is 12.1. The summed E-state index contributed by atoms with van der Waals surface area (Å²) in [5.41, 5.74) is 3.30. The number of benzene rings is 2. The van der Waals surface area contributed by atoms with E-state index in [0.717, 1.165) is 86.7 Å². The Morgan fingerprint density at radius 1 is 1.05 bits per heavy atom. The second kappa shape index (κ2) is 13.6. The van der Waals surface area contributed by atoms with Crippen LogP contribution in [-0.2, 0) is 29.2 Å². The zero-order valence-corrected chi connectivity index (χ0v) is 24.4. The summed E-state index contributed by atoms with van der Waals surface area (Å²) in [6.45, 7) is 6.58. The van der Waals surface area contributed by atoms with E-state index in [1.807, 2.05) is 24.3 Å². The fourth-order valence-electron chi connectivity index (χ4n) is 5.93. The van der Waals surface area contributed by atoms with Crippen molar-refractivity contribution >= 4 is 17.6 Å². The minimum atomic E-state index is -0.0772. The highest BCUT2D eigenvalue weighted by atomic mass is 35.5. The molecule has 0 atom stereocenters. The van der Waals surface area contributed by atoms with Crippen LogP contribution in [0.25, 0.3) is 11.4 Å². The molecule has 214 valence electrons. The van der Waals surface area contributed by atoms with Crippen molar-refractivity contribution in [1.82, 2.24) is 14.5 Å². The molecule has 8 heteroatoms. The molecule has 3 aromatic rings. The fraction of sp³-hybridized carbons (Fsp3) is 0.500. The quantitative estimate of drug-likeness (QED) is 0.239. The first kappa shape index (κ1) is 28.5. The van der Waals surface area contributed by atoms with Gasteiger partial charge < -0.3 is 18.8 Å². The van der Waals surface area contributed by atoms with Gasteiger partial charge in [0, 0.05) is 31.7 Å². The number of imidazole rings is 1. The summed E-state index contributed by atoms with van der Waals surface area (Å²) in [4.78, 5) is 19.4. The second-order valence-electron chi connectivity index (χ2n) is 10.9. The van der Waals surface area contributed by atoms with Gasteiger partial charge >= 0.3 is 5.97 Å². The Bertz CT molecular complexity index is 1270. The summed E-state index contributed by atoms with van der Waals surface area (Å²) in [5, 5.41) is 0.566. The molecule has 1 saturated carbocycles. The van der Waals surface area contributed by atoms with E-state index >= 15 is 0 Å². The predicted octanol–water partition coefficient (Wildman–Crippen LogP) is 6.76. The lowest BCUT2D eigenvalue weighted by atomic mass is 9.81. The van der Waals surface area contributed by atoms with Crippen molar-refractivity contribution in [3.8, 4) is 22.9 Å². The zero-order valence-electron chi connectivity index (χ0n) is 23.6. The number of rotatable bonds is 11. The van der Waals surface area contributed by atoms with Crippen molar-refractivity contribution in [2.75, 3.05) is 26.9 Å². The van der Waals surface area contributed by atoms with Gasteiger partial charge in [0.15, 0.2) is 16.7 Å². The molecule has 1 aliphatic carbocycles. The van der Waals surface area contributed by atoms with Crippen LogP contribution in [0.3, 0.4) is 0 Å². The van der Waals surface area contributed by atoms with Gasteiger partial charge in [0.25, 0.3) is 0 Å². The number of aromatic nitrogens is 2. The van der Waals surface area contributed by atoms with E-state index in [4.69, 9.17) is 30.8 Å². The molecule has 1 aliphatic heterocycles. The third-order valence-corrected chi connectivity index (χ3v) is 8.38. The van der Waals surface area contributed by atoms with Gasteiger partial charge in [-0.1, -0.05) is 61.3 Å². The lowest BCUT2D eigenvalue weighted by Crippen LogP contribution is -2.33. The molecule has 2 aliphatic rings. The average Bonchev–Trinajstić information content (AvgIpc) is 3.30. The number of halogens is 1. The molecule has 1 fully saturated rings. The van der Waals surface area contributed by atoms with Crippen molar-refractivity contribution < 1.29 is 19.0 Å². The molecule has 0 unspecified atom stereocenters. The summed E-state index contributed by atoms with van der Waals surface area (Å²) in [7, 11) is 1.48. The molecule has 5 rings (SSSR count). The summed E-state index contributed by atoms with van der Waals surface area (Å²) in [5.74, 6) is 2.97. The highest BCUT2D eigenvalue weighted by molar-refractivity contribution is 6.30. The van der Waals surface area contributed by atoms with Gasteiger partial charge in [-0.05, 0) is 55.7 Å². The number of methoxy groups -OCH3 is 1. The van der Waals surface area contributed by atoms with Crippen LogP contribution in [0.2, 0.25) is 5.15 Å². The Hall–Kier alpha value is -3.03. The van der Waals surface area contributed by atoms with Crippen LogP contribution in [-0.4, -0.2) is 47.3 Å². The molecule has 7 nitrogen and oxygen atoms in total. The monoisotopic (exact) mass is 565 g/mol. The van der Waals surface area contributed by atoms with Gasteiger partial charge in [0.2, 0.25) is 0 Å².